The molecule has 4 rings (SSSR count). The number of rotatable bonds is 5. The number of anilines is 1. The Kier molecular flexibility index (Phi) is 6.98. The SMILES string of the molecule is CC.Cc1ccc2cc(NC(=O)C3CC4(C3)CN(C(=O)/C=C/CN(C)C)C4)sc2c1. The fraction of sp³-hybridized carbons (Fsp3) is 0.500. The van der Waals surface area contributed by atoms with Crippen molar-refractivity contribution in [1.82, 2.24) is 9.80 Å². The van der Waals surface area contributed by atoms with E-state index in [9.17, 15) is 9.59 Å². The van der Waals surface area contributed by atoms with Crippen LogP contribution in [0.2, 0.25) is 0 Å². The molecule has 1 aliphatic heterocycles. The van der Waals surface area contributed by atoms with Gasteiger partial charge < -0.3 is 15.1 Å². The van der Waals surface area contributed by atoms with Gasteiger partial charge in [-0.3, -0.25) is 9.59 Å². The van der Waals surface area contributed by atoms with Crippen LogP contribution in [0.5, 0.6) is 0 Å². The van der Waals surface area contributed by atoms with Crippen molar-refractivity contribution in [3.8, 4) is 0 Å². The molecule has 0 bridgehead atoms. The molecule has 2 fully saturated rings. The number of likely N-dealkylation sites (N-methyl/N-ethyl adjacent to an activating group) is 1. The summed E-state index contributed by atoms with van der Waals surface area (Å²) in [6.45, 7) is 8.41. The van der Waals surface area contributed by atoms with Crippen LogP contribution in [0.1, 0.15) is 32.3 Å². The Morgan fingerprint density at radius 2 is 1.93 bits per heavy atom. The number of likely N-dealkylation sites (tertiary alicyclic amines) is 1. The van der Waals surface area contributed by atoms with E-state index in [0.717, 1.165) is 37.5 Å². The molecular formula is C24H33N3O2S. The normalized spacial score (nSPS) is 17.6. The first-order valence-electron chi connectivity index (χ1n) is 10.7. The van der Waals surface area contributed by atoms with E-state index in [4.69, 9.17) is 0 Å². The summed E-state index contributed by atoms with van der Waals surface area (Å²) < 4.78 is 1.20. The van der Waals surface area contributed by atoms with Gasteiger partial charge in [-0.25, -0.2) is 0 Å². The monoisotopic (exact) mass is 427 g/mol. The second-order valence-electron chi connectivity index (χ2n) is 8.61. The number of nitrogens with one attached hydrogen (secondary N) is 1. The van der Waals surface area contributed by atoms with Crippen LogP contribution in [0.15, 0.2) is 36.4 Å². The highest BCUT2D eigenvalue weighted by Crippen LogP contribution is 2.52. The molecule has 1 aromatic heterocycles. The Balaban J connectivity index is 0.00000124. The molecule has 5 nitrogen and oxygen atoms in total. The largest absolute Gasteiger partial charge is 0.338 e. The predicted molar refractivity (Wildman–Crippen MR) is 126 cm³/mol. The number of fused-ring (bicyclic) bond motifs is 1. The summed E-state index contributed by atoms with van der Waals surface area (Å²) in [4.78, 5) is 28.6. The fourth-order valence-electron chi connectivity index (χ4n) is 4.24. The quantitative estimate of drug-likeness (QED) is 0.713. The van der Waals surface area contributed by atoms with Gasteiger partial charge in [-0.2, -0.15) is 0 Å². The van der Waals surface area contributed by atoms with E-state index in [2.05, 4.69) is 36.5 Å². The zero-order valence-corrected chi connectivity index (χ0v) is 19.5. The summed E-state index contributed by atoms with van der Waals surface area (Å²) in [5, 5.41) is 5.19. The van der Waals surface area contributed by atoms with Gasteiger partial charge in [-0.1, -0.05) is 32.1 Å². The molecule has 0 atom stereocenters. The number of aryl methyl sites for hydroxylation is 1. The second kappa shape index (κ2) is 9.31. The standard InChI is InChI=1S/C22H27N3O2S.C2H6/c1-15-6-7-16-10-19(28-18(16)9-15)23-21(27)17-11-22(12-17)13-25(14-22)20(26)5-4-8-24(2)3;1-2/h4-7,9-10,17H,8,11-14H2,1-3H3,(H,23,27);1-2H3/b5-4+;. The van der Waals surface area contributed by atoms with E-state index in [1.54, 1.807) is 17.4 Å². The smallest absolute Gasteiger partial charge is 0.246 e. The minimum atomic E-state index is 0.0634. The van der Waals surface area contributed by atoms with Gasteiger partial charge in [-0.15, -0.1) is 11.3 Å². The molecule has 1 saturated heterocycles. The van der Waals surface area contributed by atoms with Crippen molar-refractivity contribution >= 4 is 38.2 Å². The highest BCUT2D eigenvalue weighted by Gasteiger charge is 2.55. The number of carbonyl (C=O) groups is 2. The van der Waals surface area contributed by atoms with Crippen molar-refractivity contribution in [2.75, 3.05) is 39.0 Å². The molecule has 1 saturated carbocycles. The molecular weight excluding hydrogens is 394 g/mol. The van der Waals surface area contributed by atoms with Gasteiger partial charge in [0.1, 0.15) is 0 Å². The maximum absolute atomic E-state index is 12.6. The number of hydrogen-bond donors (Lipinski definition) is 1. The Hall–Kier alpha value is -2.18. The Morgan fingerprint density at radius 1 is 1.23 bits per heavy atom. The number of nitrogens with zero attached hydrogens (tertiary/aromatic N) is 2. The van der Waals surface area contributed by atoms with Crippen molar-refractivity contribution in [2.45, 2.75) is 33.6 Å². The molecule has 2 aromatic rings. The van der Waals surface area contributed by atoms with Gasteiger partial charge in [0.15, 0.2) is 0 Å². The zero-order valence-electron chi connectivity index (χ0n) is 18.7. The van der Waals surface area contributed by atoms with Crippen molar-refractivity contribution in [1.29, 1.82) is 0 Å². The maximum Gasteiger partial charge on any atom is 0.246 e. The average Bonchev–Trinajstić information content (AvgIpc) is 3.02. The van der Waals surface area contributed by atoms with Crippen molar-refractivity contribution in [3.63, 3.8) is 0 Å². The molecule has 30 heavy (non-hydrogen) atoms. The topological polar surface area (TPSA) is 52.7 Å². The Morgan fingerprint density at radius 3 is 2.60 bits per heavy atom. The van der Waals surface area contributed by atoms with E-state index < -0.39 is 0 Å². The first-order valence-corrected chi connectivity index (χ1v) is 11.6. The molecule has 1 aliphatic carbocycles. The van der Waals surface area contributed by atoms with E-state index >= 15 is 0 Å². The first-order chi connectivity index (χ1) is 14.3. The van der Waals surface area contributed by atoms with Gasteiger partial charge in [0.2, 0.25) is 11.8 Å². The Labute approximate surface area is 183 Å². The molecule has 6 heteroatoms. The molecule has 2 heterocycles. The molecule has 1 N–H and O–H groups in total. The second-order valence-corrected chi connectivity index (χ2v) is 9.69. The summed E-state index contributed by atoms with van der Waals surface area (Å²) >= 11 is 1.63. The third-order valence-electron chi connectivity index (χ3n) is 5.75. The van der Waals surface area contributed by atoms with Gasteiger partial charge in [0.05, 0.1) is 5.00 Å². The summed E-state index contributed by atoms with van der Waals surface area (Å²) in [5.41, 5.74) is 1.40. The molecule has 2 amide bonds. The fourth-order valence-corrected chi connectivity index (χ4v) is 5.31. The van der Waals surface area contributed by atoms with Gasteiger partial charge in [-0.05, 0) is 56.9 Å². The van der Waals surface area contributed by atoms with Gasteiger partial charge >= 0.3 is 0 Å². The van der Waals surface area contributed by atoms with Crippen molar-refractivity contribution in [2.24, 2.45) is 11.3 Å². The number of amides is 2. The van der Waals surface area contributed by atoms with E-state index in [-0.39, 0.29) is 23.1 Å². The van der Waals surface area contributed by atoms with E-state index in [1.807, 2.05) is 43.8 Å². The lowest BCUT2D eigenvalue weighted by Gasteiger charge is -2.58. The van der Waals surface area contributed by atoms with E-state index in [0.29, 0.717) is 0 Å². The molecule has 2 aliphatic rings. The van der Waals surface area contributed by atoms with Crippen LogP contribution in [0.4, 0.5) is 5.00 Å². The van der Waals surface area contributed by atoms with Gasteiger partial charge in [0, 0.05) is 41.7 Å². The third kappa shape index (κ3) is 4.93. The van der Waals surface area contributed by atoms with Crippen molar-refractivity contribution in [3.05, 3.63) is 42.0 Å². The molecule has 0 radical (unpaired) electrons. The lowest BCUT2D eigenvalue weighted by molar-refractivity contribution is -0.154. The number of thiophene rings is 1. The lowest BCUT2D eigenvalue weighted by Crippen LogP contribution is -2.64. The van der Waals surface area contributed by atoms with Crippen molar-refractivity contribution < 1.29 is 9.59 Å². The number of hydrogen-bond acceptors (Lipinski definition) is 4. The van der Waals surface area contributed by atoms with E-state index in [1.165, 1.54) is 15.6 Å². The number of benzene rings is 1. The predicted octanol–water partition coefficient (Wildman–Crippen LogP) is 4.53. The Bertz CT molecular complexity index is 933. The third-order valence-corrected chi connectivity index (χ3v) is 6.76. The summed E-state index contributed by atoms with van der Waals surface area (Å²) in [6.07, 6.45) is 5.33. The van der Waals surface area contributed by atoms with Crippen LogP contribution in [-0.4, -0.2) is 55.3 Å². The van der Waals surface area contributed by atoms with Crippen LogP contribution in [-0.2, 0) is 9.59 Å². The zero-order chi connectivity index (χ0) is 21.9. The maximum atomic E-state index is 12.6. The van der Waals surface area contributed by atoms with Crippen LogP contribution in [0.25, 0.3) is 10.1 Å². The number of carbonyl (C=O) groups excluding carboxylic acids is 2. The van der Waals surface area contributed by atoms with Crippen LogP contribution >= 0.6 is 11.3 Å². The highest BCUT2D eigenvalue weighted by atomic mass is 32.1. The lowest BCUT2D eigenvalue weighted by atomic mass is 9.57. The first kappa shape index (κ1) is 22.5. The summed E-state index contributed by atoms with van der Waals surface area (Å²) in [6, 6.07) is 8.40. The van der Waals surface area contributed by atoms with Gasteiger partial charge in [0.25, 0.3) is 0 Å². The summed E-state index contributed by atoms with van der Waals surface area (Å²) in [7, 11) is 3.96. The molecule has 1 spiro atoms. The highest BCUT2D eigenvalue weighted by molar-refractivity contribution is 7.23. The van der Waals surface area contributed by atoms with Crippen LogP contribution in [0, 0.1) is 18.3 Å². The molecule has 1 aromatic carbocycles. The minimum absolute atomic E-state index is 0.0634. The molecule has 0 unspecified atom stereocenters. The van der Waals surface area contributed by atoms with Crippen LogP contribution < -0.4 is 5.32 Å². The summed E-state index contributed by atoms with van der Waals surface area (Å²) in [5.74, 6) is 0.263. The molecule has 162 valence electrons. The average molecular weight is 428 g/mol. The van der Waals surface area contributed by atoms with Crippen LogP contribution in [0.3, 0.4) is 0 Å². The minimum Gasteiger partial charge on any atom is -0.338 e.